The Balaban J connectivity index is 2.43. The third-order valence-electron chi connectivity index (χ3n) is 8.75. The van der Waals surface area contributed by atoms with Gasteiger partial charge in [-0.2, -0.15) is 0 Å². The quantitative estimate of drug-likeness (QED) is 0.436. The number of phenolic OH excluding ortho intramolecular Hbond substituents is 2. The van der Waals surface area contributed by atoms with Gasteiger partial charge in [-0.05, 0) is 82.4 Å². The Morgan fingerprint density at radius 1 is 0.694 bits per heavy atom. The third-order valence-corrected chi connectivity index (χ3v) is 8.75. The van der Waals surface area contributed by atoms with Crippen LogP contribution in [0.1, 0.15) is 128 Å². The molecule has 1 aliphatic rings. The molecule has 0 aromatic heterocycles. The summed E-state index contributed by atoms with van der Waals surface area (Å²) in [6, 6.07) is 8.85. The molecule has 1 fully saturated rings. The van der Waals surface area contributed by atoms with Gasteiger partial charge >= 0.3 is 0 Å². The highest BCUT2D eigenvalue weighted by atomic mass is 16.3. The van der Waals surface area contributed by atoms with E-state index in [1.54, 1.807) is 0 Å². The molecule has 0 saturated heterocycles. The second kappa shape index (κ2) is 10.4. The van der Waals surface area contributed by atoms with E-state index in [9.17, 15) is 10.2 Å². The largest absolute Gasteiger partial charge is 0.507 e. The van der Waals surface area contributed by atoms with Gasteiger partial charge in [-0.1, -0.05) is 100 Å². The van der Waals surface area contributed by atoms with E-state index in [0.717, 1.165) is 35.1 Å². The van der Waals surface area contributed by atoms with Gasteiger partial charge in [-0.25, -0.2) is 0 Å². The van der Waals surface area contributed by atoms with Crippen LogP contribution in [0.4, 0.5) is 0 Å². The number of rotatable bonds is 5. The SMILES string of the molecule is CCc1cc(C(c2cc(CC)cc(C(C)(C)C)c2O)C2C(C)CC(C)CC2C)c(O)c(C(C)(C)C)c1. The van der Waals surface area contributed by atoms with Crippen molar-refractivity contribution in [1.82, 2.24) is 0 Å². The molecule has 1 aliphatic carbocycles. The van der Waals surface area contributed by atoms with Gasteiger partial charge < -0.3 is 10.2 Å². The average molecular weight is 493 g/mol. The molecule has 1 saturated carbocycles. The van der Waals surface area contributed by atoms with E-state index in [4.69, 9.17) is 0 Å². The van der Waals surface area contributed by atoms with Crippen molar-refractivity contribution in [1.29, 1.82) is 0 Å². The normalized spacial score (nSPS) is 23.3. The van der Waals surface area contributed by atoms with E-state index >= 15 is 0 Å². The van der Waals surface area contributed by atoms with E-state index in [2.05, 4.69) is 100 Å². The van der Waals surface area contributed by atoms with Crippen LogP contribution >= 0.6 is 0 Å². The first kappa shape index (κ1) is 28.6. The maximum absolute atomic E-state index is 11.9. The fourth-order valence-corrected chi connectivity index (χ4v) is 6.94. The van der Waals surface area contributed by atoms with Crippen LogP contribution in [0.25, 0.3) is 0 Å². The second-order valence-electron chi connectivity index (χ2n) is 14.0. The van der Waals surface area contributed by atoms with E-state index < -0.39 is 0 Å². The predicted molar refractivity (Wildman–Crippen MR) is 154 cm³/mol. The predicted octanol–water partition coefficient (Wildman–Crippen LogP) is 9.27. The van der Waals surface area contributed by atoms with Crippen molar-refractivity contribution in [2.75, 3.05) is 0 Å². The van der Waals surface area contributed by atoms with Crippen LogP contribution < -0.4 is 0 Å². The summed E-state index contributed by atoms with van der Waals surface area (Å²) in [5.74, 6) is 2.83. The molecule has 0 spiro atoms. The molecule has 2 heteroatoms. The smallest absolute Gasteiger partial charge is 0.123 e. The summed E-state index contributed by atoms with van der Waals surface area (Å²) in [5, 5.41) is 23.8. The zero-order valence-electron chi connectivity index (χ0n) is 24.9. The molecule has 2 N–H and O–H groups in total. The molecule has 2 aromatic carbocycles. The number of phenols is 2. The molecule has 2 aromatic rings. The minimum atomic E-state index is -0.170. The molecule has 0 heterocycles. The summed E-state index contributed by atoms with van der Waals surface area (Å²) in [7, 11) is 0. The fraction of sp³-hybridized carbons (Fsp3) is 0.647. The Morgan fingerprint density at radius 3 is 1.36 bits per heavy atom. The van der Waals surface area contributed by atoms with Gasteiger partial charge in [0.1, 0.15) is 11.5 Å². The Kier molecular flexibility index (Phi) is 8.28. The van der Waals surface area contributed by atoms with Crippen molar-refractivity contribution >= 4 is 0 Å². The minimum Gasteiger partial charge on any atom is -0.507 e. The van der Waals surface area contributed by atoms with E-state index in [0.29, 0.717) is 35.2 Å². The van der Waals surface area contributed by atoms with Gasteiger partial charge in [-0.3, -0.25) is 0 Å². The number of aryl methyl sites for hydroxylation is 2. The van der Waals surface area contributed by atoms with Gasteiger partial charge in [0.25, 0.3) is 0 Å². The lowest BCUT2D eigenvalue weighted by Gasteiger charge is -2.44. The maximum Gasteiger partial charge on any atom is 0.123 e. The first-order valence-corrected chi connectivity index (χ1v) is 14.3. The summed E-state index contributed by atoms with van der Waals surface area (Å²) in [6.45, 7) is 24.6. The fourth-order valence-electron chi connectivity index (χ4n) is 6.94. The first-order valence-electron chi connectivity index (χ1n) is 14.3. The molecule has 0 aliphatic heterocycles. The first-order chi connectivity index (χ1) is 16.6. The van der Waals surface area contributed by atoms with Crippen molar-refractivity contribution in [3.8, 4) is 11.5 Å². The van der Waals surface area contributed by atoms with Crippen LogP contribution in [-0.4, -0.2) is 10.2 Å². The van der Waals surface area contributed by atoms with Gasteiger partial charge in [0.15, 0.2) is 0 Å². The molecule has 200 valence electrons. The monoisotopic (exact) mass is 492 g/mol. The summed E-state index contributed by atoms with van der Waals surface area (Å²) in [6.07, 6.45) is 4.21. The van der Waals surface area contributed by atoms with Crippen LogP contribution in [0.15, 0.2) is 24.3 Å². The Labute approximate surface area is 221 Å². The van der Waals surface area contributed by atoms with Gasteiger partial charge in [0, 0.05) is 17.0 Å². The highest BCUT2D eigenvalue weighted by Gasteiger charge is 2.41. The highest BCUT2D eigenvalue weighted by Crippen LogP contribution is 2.54. The zero-order chi connectivity index (χ0) is 27.2. The van der Waals surface area contributed by atoms with Crippen molar-refractivity contribution < 1.29 is 10.2 Å². The molecular weight excluding hydrogens is 440 g/mol. The highest BCUT2D eigenvalue weighted by molar-refractivity contribution is 5.57. The molecule has 3 rings (SSSR count). The van der Waals surface area contributed by atoms with Crippen LogP contribution in [0.3, 0.4) is 0 Å². The minimum absolute atomic E-state index is 0.0531. The number of hydrogen-bond donors (Lipinski definition) is 2. The summed E-state index contributed by atoms with van der Waals surface area (Å²) in [4.78, 5) is 0. The van der Waals surface area contributed by atoms with Crippen molar-refractivity contribution in [2.45, 2.75) is 119 Å². The molecule has 2 unspecified atom stereocenters. The number of aromatic hydroxyl groups is 2. The lowest BCUT2D eigenvalue weighted by atomic mass is 9.61. The standard InChI is InChI=1S/C34H52O2/c1-12-23-16-25(31(35)27(18-23)33(6,7)8)30(29-21(4)14-20(3)15-22(29)5)26-17-24(13-2)19-28(32(26)36)34(9,10)11/h16-22,29-30,35-36H,12-15H2,1-11H3. The maximum atomic E-state index is 11.9. The average Bonchev–Trinajstić information content (AvgIpc) is 2.75. The lowest BCUT2D eigenvalue weighted by Crippen LogP contribution is -2.34. The van der Waals surface area contributed by atoms with Crippen LogP contribution in [-0.2, 0) is 23.7 Å². The van der Waals surface area contributed by atoms with E-state index in [1.807, 2.05) is 0 Å². The van der Waals surface area contributed by atoms with E-state index in [-0.39, 0.29) is 16.7 Å². The molecule has 2 nitrogen and oxygen atoms in total. The van der Waals surface area contributed by atoms with E-state index in [1.165, 1.54) is 24.0 Å². The molecule has 2 atom stereocenters. The third kappa shape index (κ3) is 5.63. The van der Waals surface area contributed by atoms with Crippen molar-refractivity contribution in [2.24, 2.45) is 23.7 Å². The summed E-state index contributed by atoms with van der Waals surface area (Å²) < 4.78 is 0. The molecule has 36 heavy (non-hydrogen) atoms. The van der Waals surface area contributed by atoms with Crippen molar-refractivity contribution in [3.05, 3.63) is 57.6 Å². The summed E-state index contributed by atoms with van der Waals surface area (Å²) in [5.41, 5.74) is 6.19. The summed E-state index contributed by atoms with van der Waals surface area (Å²) >= 11 is 0. The molecule has 0 amide bonds. The Hall–Kier alpha value is -1.96. The van der Waals surface area contributed by atoms with Gasteiger partial charge in [-0.15, -0.1) is 0 Å². The van der Waals surface area contributed by atoms with Gasteiger partial charge in [0.05, 0.1) is 0 Å². The second-order valence-corrected chi connectivity index (χ2v) is 14.0. The molecular formula is C34H52O2. The van der Waals surface area contributed by atoms with Crippen molar-refractivity contribution in [3.63, 3.8) is 0 Å². The Bertz CT molecular complexity index is 983. The lowest BCUT2D eigenvalue weighted by molar-refractivity contribution is 0.119. The molecule has 0 bridgehead atoms. The number of benzene rings is 2. The number of hydrogen-bond acceptors (Lipinski definition) is 2. The van der Waals surface area contributed by atoms with Crippen LogP contribution in [0.5, 0.6) is 11.5 Å². The van der Waals surface area contributed by atoms with Crippen LogP contribution in [0, 0.1) is 23.7 Å². The van der Waals surface area contributed by atoms with Crippen LogP contribution in [0.2, 0.25) is 0 Å². The van der Waals surface area contributed by atoms with Gasteiger partial charge in [0.2, 0.25) is 0 Å². The Morgan fingerprint density at radius 2 is 1.06 bits per heavy atom. The molecule has 0 radical (unpaired) electrons. The zero-order valence-corrected chi connectivity index (χ0v) is 24.9. The topological polar surface area (TPSA) is 40.5 Å².